The number of esters is 1. The summed E-state index contributed by atoms with van der Waals surface area (Å²) in [4.78, 5) is 23.4. The van der Waals surface area contributed by atoms with E-state index in [9.17, 15) is 14.0 Å². The molecule has 1 heterocycles. The molecule has 0 spiro atoms. The summed E-state index contributed by atoms with van der Waals surface area (Å²) >= 11 is 0. The number of rotatable bonds is 4. The topological polar surface area (TPSA) is 64.1 Å². The van der Waals surface area contributed by atoms with Crippen LogP contribution in [0.3, 0.4) is 0 Å². The van der Waals surface area contributed by atoms with Crippen molar-refractivity contribution < 1.29 is 13.9 Å². The predicted octanol–water partition coefficient (Wildman–Crippen LogP) is 1.93. The van der Waals surface area contributed by atoms with Gasteiger partial charge in [0, 0.05) is 11.6 Å². The zero-order valence-electron chi connectivity index (χ0n) is 11.2. The van der Waals surface area contributed by atoms with Gasteiger partial charge < -0.3 is 4.74 Å². The van der Waals surface area contributed by atoms with Crippen LogP contribution in [0.25, 0.3) is 0 Å². The Morgan fingerprint density at radius 2 is 2.10 bits per heavy atom. The highest BCUT2D eigenvalue weighted by Crippen LogP contribution is 2.07. The quantitative estimate of drug-likeness (QED) is 0.869. The average molecular weight is 278 g/mol. The zero-order chi connectivity index (χ0) is 14.7. The Morgan fingerprint density at radius 1 is 1.40 bits per heavy atom. The molecule has 106 valence electrons. The molecule has 0 amide bonds. The Labute approximate surface area is 115 Å². The summed E-state index contributed by atoms with van der Waals surface area (Å²) in [6, 6.07) is 7.29. The lowest BCUT2D eigenvalue weighted by Gasteiger charge is -2.06. The van der Waals surface area contributed by atoms with Crippen molar-refractivity contribution in [2.24, 2.45) is 0 Å². The maximum atomic E-state index is 13.5. The van der Waals surface area contributed by atoms with E-state index in [0.717, 1.165) is 10.7 Å². The molecule has 0 unspecified atom stereocenters. The maximum absolute atomic E-state index is 13.5. The van der Waals surface area contributed by atoms with E-state index in [-0.39, 0.29) is 18.3 Å². The third kappa shape index (κ3) is 3.14. The Balaban J connectivity index is 2.22. The normalized spacial score (nSPS) is 10.8. The average Bonchev–Trinajstić information content (AvgIpc) is 2.73. The fourth-order valence-corrected chi connectivity index (χ4v) is 1.73. The Morgan fingerprint density at radius 3 is 2.75 bits per heavy atom. The van der Waals surface area contributed by atoms with Crippen LogP contribution in [-0.2, 0) is 11.3 Å². The summed E-state index contributed by atoms with van der Waals surface area (Å²) in [5.74, 6) is -1.01. The summed E-state index contributed by atoms with van der Waals surface area (Å²) in [5, 5.41) is 2.63. The minimum absolute atomic E-state index is 0.0282. The second-order valence-corrected chi connectivity index (χ2v) is 4.64. The monoisotopic (exact) mass is 278 g/mol. The first-order chi connectivity index (χ1) is 9.47. The van der Waals surface area contributed by atoms with E-state index >= 15 is 0 Å². The van der Waals surface area contributed by atoms with E-state index in [0.29, 0.717) is 5.56 Å². The third-order valence-corrected chi connectivity index (χ3v) is 2.64. The number of aromatic amines is 1. The summed E-state index contributed by atoms with van der Waals surface area (Å²) in [7, 11) is 0. The van der Waals surface area contributed by atoms with Crippen molar-refractivity contribution in [1.82, 2.24) is 9.78 Å². The molecule has 0 aliphatic heterocycles. The lowest BCUT2D eigenvalue weighted by Crippen LogP contribution is -2.17. The molecular formula is C14H15FN2O3. The largest absolute Gasteiger partial charge is 0.458 e. The van der Waals surface area contributed by atoms with Crippen molar-refractivity contribution in [3.8, 4) is 0 Å². The summed E-state index contributed by atoms with van der Waals surface area (Å²) in [6.07, 6.45) is -0.277. The van der Waals surface area contributed by atoms with Crippen LogP contribution in [0.5, 0.6) is 0 Å². The molecule has 2 rings (SSSR count). The van der Waals surface area contributed by atoms with E-state index in [2.05, 4.69) is 5.10 Å². The van der Waals surface area contributed by atoms with Crippen molar-refractivity contribution in [2.45, 2.75) is 26.5 Å². The molecule has 0 aliphatic rings. The smallest absolute Gasteiger partial charge is 0.356 e. The van der Waals surface area contributed by atoms with Gasteiger partial charge in [-0.15, -0.1) is 0 Å². The van der Waals surface area contributed by atoms with E-state index < -0.39 is 17.3 Å². The van der Waals surface area contributed by atoms with Crippen LogP contribution in [0.15, 0.2) is 35.1 Å². The van der Waals surface area contributed by atoms with Gasteiger partial charge in [-0.05, 0) is 19.9 Å². The number of carbonyl (C=O) groups excluding carboxylic acids is 1. The first-order valence-corrected chi connectivity index (χ1v) is 6.21. The molecule has 0 saturated heterocycles. The molecule has 1 N–H and O–H groups in total. The fraction of sp³-hybridized carbons (Fsp3) is 0.286. The number of nitrogens with one attached hydrogen (secondary N) is 1. The molecule has 0 aliphatic carbocycles. The molecule has 6 heteroatoms. The Hall–Kier alpha value is -2.37. The number of ether oxygens (including phenoxy) is 1. The van der Waals surface area contributed by atoms with Crippen molar-refractivity contribution in [3.05, 3.63) is 57.8 Å². The van der Waals surface area contributed by atoms with Crippen LogP contribution < -0.4 is 5.56 Å². The number of hydrogen-bond acceptors (Lipinski definition) is 3. The number of benzene rings is 1. The van der Waals surface area contributed by atoms with Gasteiger partial charge in [-0.3, -0.25) is 9.89 Å². The lowest BCUT2D eigenvalue weighted by atomic mass is 10.2. The standard InChI is InChI=1S/C14H15FN2O3/c1-9(2)20-14(19)12-7-13(18)17(16-12)8-10-5-3-4-6-11(10)15/h3-7,9,16H,8H2,1-2H3. The minimum Gasteiger partial charge on any atom is -0.458 e. The molecule has 0 fully saturated rings. The van der Waals surface area contributed by atoms with Gasteiger partial charge in [-0.1, -0.05) is 18.2 Å². The van der Waals surface area contributed by atoms with Gasteiger partial charge in [0.15, 0.2) is 0 Å². The highest BCUT2D eigenvalue weighted by Gasteiger charge is 2.14. The second kappa shape index (κ2) is 5.73. The van der Waals surface area contributed by atoms with Crippen LogP contribution in [-0.4, -0.2) is 21.9 Å². The second-order valence-electron chi connectivity index (χ2n) is 4.64. The molecule has 0 radical (unpaired) electrons. The highest BCUT2D eigenvalue weighted by atomic mass is 19.1. The number of halogens is 1. The molecule has 20 heavy (non-hydrogen) atoms. The van der Waals surface area contributed by atoms with Gasteiger partial charge >= 0.3 is 5.97 Å². The van der Waals surface area contributed by atoms with Gasteiger partial charge in [0.2, 0.25) is 0 Å². The van der Waals surface area contributed by atoms with Gasteiger partial charge in [0.1, 0.15) is 11.5 Å². The molecule has 1 aromatic heterocycles. The zero-order valence-corrected chi connectivity index (χ0v) is 11.2. The first kappa shape index (κ1) is 14.0. The molecule has 0 atom stereocenters. The molecule has 0 saturated carbocycles. The van der Waals surface area contributed by atoms with Crippen molar-refractivity contribution >= 4 is 5.97 Å². The number of aromatic nitrogens is 2. The fourth-order valence-electron chi connectivity index (χ4n) is 1.73. The molecule has 2 aromatic rings. The van der Waals surface area contributed by atoms with Gasteiger partial charge in [0.25, 0.3) is 5.56 Å². The van der Waals surface area contributed by atoms with Crippen LogP contribution in [0.2, 0.25) is 0 Å². The van der Waals surface area contributed by atoms with Crippen LogP contribution in [0, 0.1) is 5.82 Å². The van der Waals surface area contributed by atoms with E-state index in [1.54, 1.807) is 32.0 Å². The predicted molar refractivity (Wildman–Crippen MR) is 71.1 cm³/mol. The number of carbonyl (C=O) groups is 1. The van der Waals surface area contributed by atoms with Crippen molar-refractivity contribution in [1.29, 1.82) is 0 Å². The van der Waals surface area contributed by atoms with Crippen molar-refractivity contribution in [2.75, 3.05) is 0 Å². The highest BCUT2D eigenvalue weighted by molar-refractivity contribution is 5.87. The molecule has 1 aromatic carbocycles. The number of hydrogen-bond donors (Lipinski definition) is 1. The van der Waals surface area contributed by atoms with E-state index in [1.165, 1.54) is 6.07 Å². The van der Waals surface area contributed by atoms with E-state index in [4.69, 9.17) is 4.74 Å². The molecule has 0 bridgehead atoms. The van der Waals surface area contributed by atoms with Gasteiger partial charge in [-0.25, -0.2) is 13.9 Å². The first-order valence-electron chi connectivity index (χ1n) is 6.21. The van der Waals surface area contributed by atoms with E-state index in [1.807, 2.05) is 0 Å². The Bertz CT molecular complexity index is 673. The third-order valence-electron chi connectivity index (χ3n) is 2.64. The van der Waals surface area contributed by atoms with Crippen LogP contribution in [0.1, 0.15) is 29.9 Å². The minimum atomic E-state index is -0.607. The van der Waals surface area contributed by atoms with Crippen molar-refractivity contribution in [3.63, 3.8) is 0 Å². The summed E-state index contributed by atoms with van der Waals surface area (Å²) < 4.78 is 19.7. The van der Waals surface area contributed by atoms with Gasteiger partial charge in [-0.2, -0.15) is 0 Å². The molecule has 5 nitrogen and oxygen atoms in total. The van der Waals surface area contributed by atoms with Crippen LogP contribution >= 0.6 is 0 Å². The van der Waals surface area contributed by atoms with Gasteiger partial charge in [0.05, 0.1) is 12.6 Å². The number of nitrogens with zero attached hydrogens (tertiary/aromatic N) is 1. The molecular weight excluding hydrogens is 263 g/mol. The Kier molecular flexibility index (Phi) is 4.02. The summed E-state index contributed by atoms with van der Waals surface area (Å²) in [6.45, 7) is 3.46. The lowest BCUT2D eigenvalue weighted by molar-refractivity contribution is 0.0370. The SMILES string of the molecule is CC(C)OC(=O)c1cc(=O)n(Cc2ccccc2F)[nH]1. The van der Waals surface area contributed by atoms with Crippen LogP contribution in [0.4, 0.5) is 4.39 Å². The summed E-state index contributed by atoms with van der Waals surface area (Å²) in [5.41, 5.74) is 0.00391. The maximum Gasteiger partial charge on any atom is 0.356 e. The number of H-pyrrole nitrogens is 1.